The largest absolute Gasteiger partial charge is 0.450 e. The Balaban J connectivity index is 2.32. The lowest BCUT2D eigenvalue weighted by atomic mass is 9.92. The van der Waals surface area contributed by atoms with Gasteiger partial charge in [-0.15, -0.1) is 0 Å². The number of amides is 1. The molecule has 0 spiro atoms. The first-order chi connectivity index (χ1) is 7.19. The monoisotopic (exact) mass is 219 g/mol. The van der Waals surface area contributed by atoms with Crippen molar-refractivity contribution in [3.8, 4) is 0 Å². The predicted molar refractivity (Wildman–Crippen MR) is 53.3 cm³/mol. The Kier molecular flexibility index (Phi) is 4.81. The van der Waals surface area contributed by atoms with Gasteiger partial charge in [0.25, 0.3) is 0 Å². The molecule has 0 aromatic carbocycles. The van der Waals surface area contributed by atoms with E-state index in [-0.39, 0.29) is 12.0 Å². The molecule has 0 aliphatic carbocycles. The minimum absolute atomic E-state index is 0.0272. The van der Waals surface area contributed by atoms with E-state index < -0.39 is 12.8 Å². The van der Waals surface area contributed by atoms with E-state index in [0.29, 0.717) is 32.5 Å². The van der Waals surface area contributed by atoms with E-state index in [0.717, 1.165) is 0 Å². The number of ether oxygens (including phenoxy) is 1. The quantitative estimate of drug-likeness (QED) is 0.775. The molecule has 15 heavy (non-hydrogen) atoms. The zero-order chi connectivity index (χ0) is 11.3. The molecule has 1 N–H and O–H groups in total. The van der Waals surface area contributed by atoms with Crippen molar-refractivity contribution in [3.63, 3.8) is 0 Å². The highest BCUT2D eigenvalue weighted by Crippen LogP contribution is 2.21. The standard InChI is InChI=1S/C10H18FNO3/c1-2-15-10(14)12-5-3-8(4-6-12)9(13)7-11/h8-9,13H,2-7H2,1H3. The van der Waals surface area contributed by atoms with E-state index in [1.54, 1.807) is 11.8 Å². The third-order valence-electron chi connectivity index (χ3n) is 2.77. The first-order valence-corrected chi connectivity index (χ1v) is 5.34. The van der Waals surface area contributed by atoms with Gasteiger partial charge in [-0.1, -0.05) is 0 Å². The molecule has 0 saturated carbocycles. The van der Waals surface area contributed by atoms with Gasteiger partial charge < -0.3 is 14.7 Å². The topological polar surface area (TPSA) is 49.8 Å². The number of carbonyl (C=O) groups excluding carboxylic acids is 1. The van der Waals surface area contributed by atoms with Crippen LogP contribution in [0.15, 0.2) is 0 Å². The summed E-state index contributed by atoms with van der Waals surface area (Å²) in [5.74, 6) is -0.0272. The summed E-state index contributed by atoms with van der Waals surface area (Å²) in [7, 11) is 0. The first kappa shape index (κ1) is 12.2. The summed E-state index contributed by atoms with van der Waals surface area (Å²) in [6, 6.07) is 0. The number of aliphatic hydroxyl groups excluding tert-OH is 1. The number of carbonyl (C=O) groups is 1. The normalized spacial score (nSPS) is 20.1. The van der Waals surface area contributed by atoms with Gasteiger partial charge in [0, 0.05) is 13.1 Å². The highest BCUT2D eigenvalue weighted by atomic mass is 19.1. The fraction of sp³-hybridized carbons (Fsp3) is 0.900. The van der Waals surface area contributed by atoms with Crippen molar-refractivity contribution in [3.05, 3.63) is 0 Å². The van der Waals surface area contributed by atoms with Crippen molar-refractivity contribution in [2.75, 3.05) is 26.4 Å². The molecular weight excluding hydrogens is 201 g/mol. The number of hydrogen-bond donors (Lipinski definition) is 1. The van der Waals surface area contributed by atoms with Crippen LogP contribution in [0.3, 0.4) is 0 Å². The van der Waals surface area contributed by atoms with Gasteiger partial charge >= 0.3 is 6.09 Å². The number of alkyl halides is 1. The first-order valence-electron chi connectivity index (χ1n) is 5.34. The average molecular weight is 219 g/mol. The summed E-state index contributed by atoms with van der Waals surface area (Å²) in [5.41, 5.74) is 0. The van der Waals surface area contributed by atoms with Crippen LogP contribution in [0, 0.1) is 5.92 Å². The molecule has 4 nitrogen and oxygen atoms in total. The van der Waals surface area contributed by atoms with E-state index in [2.05, 4.69) is 0 Å². The number of likely N-dealkylation sites (tertiary alicyclic amines) is 1. The van der Waals surface area contributed by atoms with Crippen LogP contribution >= 0.6 is 0 Å². The van der Waals surface area contributed by atoms with E-state index in [4.69, 9.17) is 4.74 Å². The lowest BCUT2D eigenvalue weighted by Crippen LogP contribution is -2.41. The summed E-state index contributed by atoms with van der Waals surface area (Å²) in [6.07, 6.45) is 0.0911. The molecule has 1 atom stereocenters. The third kappa shape index (κ3) is 3.34. The molecule has 1 fully saturated rings. The summed E-state index contributed by atoms with van der Waals surface area (Å²) >= 11 is 0. The van der Waals surface area contributed by atoms with Crippen LogP contribution < -0.4 is 0 Å². The van der Waals surface area contributed by atoms with Crippen LogP contribution in [0.2, 0.25) is 0 Å². The zero-order valence-corrected chi connectivity index (χ0v) is 8.99. The van der Waals surface area contributed by atoms with Crippen LogP contribution in [0.5, 0.6) is 0 Å². The van der Waals surface area contributed by atoms with Gasteiger partial charge in [-0.2, -0.15) is 0 Å². The fourth-order valence-electron chi connectivity index (χ4n) is 1.81. The molecule has 0 bridgehead atoms. The minimum atomic E-state index is -0.880. The van der Waals surface area contributed by atoms with Gasteiger partial charge in [-0.25, -0.2) is 9.18 Å². The second kappa shape index (κ2) is 5.90. The summed E-state index contributed by atoms with van der Waals surface area (Å²) in [4.78, 5) is 12.9. The molecule has 1 unspecified atom stereocenters. The van der Waals surface area contributed by atoms with Gasteiger partial charge in [0.2, 0.25) is 0 Å². The van der Waals surface area contributed by atoms with E-state index >= 15 is 0 Å². The number of rotatable bonds is 3. The molecule has 0 aromatic heterocycles. The van der Waals surface area contributed by atoms with Crippen LogP contribution in [0.1, 0.15) is 19.8 Å². The van der Waals surface area contributed by atoms with Gasteiger partial charge in [0.05, 0.1) is 12.7 Å². The van der Waals surface area contributed by atoms with Crippen LogP contribution in [0.25, 0.3) is 0 Å². The highest BCUT2D eigenvalue weighted by Gasteiger charge is 2.27. The second-order valence-corrected chi connectivity index (χ2v) is 3.75. The third-order valence-corrected chi connectivity index (χ3v) is 2.77. The Bertz CT molecular complexity index is 205. The number of hydrogen-bond acceptors (Lipinski definition) is 3. The SMILES string of the molecule is CCOC(=O)N1CCC(C(O)CF)CC1. The number of piperidine rings is 1. The van der Waals surface area contributed by atoms with Crippen molar-refractivity contribution in [1.82, 2.24) is 4.90 Å². The Morgan fingerprint density at radius 1 is 1.60 bits per heavy atom. The number of aliphatic hydroxyl groups is 1. The maximum atomic E-state index is 12.2. The average Bonchev–Trinajstić information content (AvgIpc) is 2.28. The fourth-order valence-corrected chi connectivity index (χ4v) is 1.81. The van der Waals surface area contributed by atoms with E-state index in [1.807, 2.05) is 0 Å². The summed E-state index contributed by atoms with van der Waals surface area (Å²) < 4.78 is 17.0. The highest BCUT2D eigenvalue weighted by molar-refractivity contribution is 5.67. The van der Waals surface area contributed by atoms with Crippen LogP contribution in [0.4, 0.5) is 9.18 Å². The second-order valence-electron chi connectivity index (χ2n) is 3.75. The smallest absolute Gasteiger partial charge is 0.409 e. The lowest BCUT2D eigenvalue weighted by Gasteiger charge is -2.32. The minimum Gasteiger partial charge on any atom is -0.450 e. The molecule has 5 heteroatoms. The van der Waals surface area contributed by atoms with E-state index in [1.165, 1.54) is 0 Å². The summed E-state index contributed by atoms with van der Waals surface area (Å²) in [6.45, 7) is 2.51. The van der Waals surface area contributed by atoms with E-state index in [9.17, 15) is 14.3 Å². The van der Waals surface area contributed by atoms with Gasteiger partial charge in [-0.3, -0.25) is 0 Å². The molecule has 88 valence electrons. The van der Waals surface area contributed by atoms with Crippen molar-refractivity contribution in [1.29, 1.82) is 0 Å². The lowest BCUT2D eigenvalue weighted by molar-refractivity contribution is 0.0364. The molecule has 1 rings (SSSR count). The Hall–Kier alpha value is -0.840. The zero-order valence-electron chi connectivity index (χ0n) is 8.99. The van der Waals surface area contributed by atoms with Crippen molar-refractivity contribution in [2.45, 2.75) is 25.9 Å². The van der Waals surface area contributed by atoms with Gasteiger partial charge in [0.1, 0.15) is 6.67 Å². The maximum Gasteiger partial charge on any atom is 0.409 e. The van der Waals surface area contributed by atoms with Crippen molar-refractivity contribution >= 4 is 6.09 Å². The van der Waals surface area contributed by atoms with Gasteiger partial charge in [-0.05, 0) is 25.7 Å². The Morgan fingerprint density at radius 3 is 2.67 bits per heavy atom. The summed E-state index contributed by atoms with van der Waals surface area (Å²) in [5, 5.41) is 9.30. The Morgan fingerprint density at radius 2 is 2.20 bits per heavy atom. The molecule has 1 aliphatic heterocycles. The molecule has 1 amide bonds. The van der Waals surface area contributed by atoms with Crippen LogP contribution in [-0.2, 0) is 4.74 Å². The molecule has 1 heterocycles. The molecule has 1 saturated heterocycles. The maximum absolute atomic E-state index is 12.2. The van der Waals surface area contributed by atoms with Crippen LogP contribution in [-0.4, -0.2) is 48.6 Å². The van der Waals surface area contributed by atoms with Crippen molar-refractivity contribution < 1.29 is 19.0 Å². The number of halogens is 1. The number of nitrogens with zero attached hydrogens (tertiary/aromatic N) is 1. The molecule has 1 aliphatic rings. The van der Waals surface area contributed by atoms with Crippen molar-refractivity contribution in [2.24, 2.45) is 5.92 Å². The molecule has 0 aromatic rings. The predicted octanol–water partition coefficient (Wildman–Crippen LogP) is 1.19. The van der Waals surface area contributed by atoms with Gasteiger partial charge in [0.15, 0.2) is 0 Å². The Labute approximate surface area is 89.0 Å². The molecule has 0 radical (unpaired) electrons. The molecular formula is C10H18FNO3.